The van der Waals surface area contributed by atoms with Crippen LogP contribution in [-0.2, 0) is 18.4 Å². The van der Waals surface area contributed by atoms with Crippen molar-refractivity contribution in [3.63, 3.8) is 0 Å². The molecule has 0 spiro atoms. The first-order chi connectivity index (χ1) is 22.8. The Balaban J connectivity index is 1.19. The summed E-state index contributed by atoms with van der Waals surface area (Å²) in [5.41, 5.74) is 6.93. The second-order valence-electron chi connectivity index (χ2n) is 14.2. The number of aryl methyl sites for hydroxylation is 2. The van der Waals surface area contributed by atoms with Crippen LogP contribution in [0.5, 0.6) is 5.75 Å². The zero-order chi connectivity index (χ0) is 34.6. The highest BCUT2D eigenvalue weighted by molar-refractivity contribution is 7.09. The Labute approximate surface area is 289 Å². The molecule has 1 fully saturated rings. The molecule has 0 radical (unpaired) electrons. The summed E-state index contributed by atoms with van der Waals surface area (Å²) in [6.45, 7) is 11.8. The van der Waals surface area contributed by atoms with Gasteiger partial charge >= 0.3 is 0 Å². The minimum absolute atomic E-state index is 0.0358. The highest BCUT2D eigenvalue weighted by Crippen LogP contribution is 2.35. The number of phenolic OH excluding ortho intramolecular Hbond substituents is 1. The fourth-order valence-electron chi connectivity index (χ4n) is 6.07. The summed E-state index contributed by atoms with van der Waals surface area (Å²) in [4.78, 5) is 35.8. The number of amides is 2. The molecule has 1 saturated heterocycles. The smallest absolute Gasteiger partial charge is 0.254 e. The van der Waals surface area contributed by atoms with Crippen molar-refractivity contribution in [1.29, 1.82) is 0 Å². The van der Waals surface area contributed by atoms with Crippen LogP contribution in [0, 0.1) is 6.92 Å². The van der Waals surface area contributed by atoms with Gasteiger partial charge in [0.25, 0.3) is 11.8 Å². The van der Waals surface area contributed by atoms with E-state index in [-0.39, 0.29) is 35.1 Å². The molecular weight excluding hydrogens is 619 g/mol. The number of aromatic nitrogens is 1. The Bertz CT molecular complexity index is 1760. The molecule has 4 aromatic rings. The molecule has 48 heavy (non-hydrogen) atoms. The summed E-state index contributed by atoms with van der Waals surface area (Å²) in [5.74, 6) is -0.0851. The Kier molecular flexibility index (Phi) is 10.8. The minimum Gasteiger partial charge on any atom is -0.506 e. The molecule has 8 nitrogen and oxygen atoms in total. The van der Waals surface area contributed by atoms with Gasteiger partial charge in [-0.15, -0.1) is 11.3 Å². The van der Waals surface area contributed by atoms with Crippen molar-refractivity contribution in [2.24, 2.45) is 0 Å². The number of carbonyl (C=O) groups excluding carboxylic acids is 2. The quantitative estimate of drug-likeness (QED) is 0.141. The van der Waals surface area contributed by atoms with E-state index in [1.807, 2.05) is 67.4 Å². The van der Waals surface area contributed by atoms with Crippen LogP contribution in [0.15, 0.2) is 66.0 Å². The molecule has 254 valence electrons. The molecular formula is C39H49N5O3S. The van der Waals surface area contributed by atoms with Gasteiger partial charge in [0.15, 0.2) is 0 Å². The lowest BCUT2D eigenvalue weighted by Gasteiger charge is -2.24. The molecule has 0 unspecified atom stereocenters. The summed E-state index contributed by atoms with van der Waals surface area (Å²) >= 11 is 1.60. The number of nitrogens with one attached hydrogen (secondary N) is 2. The maximum atomic E-state index is 13.8. The maximum absolute atomic E-state index is 13.8. The number of phenols is 1. The number of likely N-dealkylation sites (tertiary alicyclic amines) is 1. The predicted octanol–water partition coefficient (Wildman–Crippen LogP) is 7.86. The van der Waals surface area contributed by atoms with Gasteiger partial charge < -0.3 is 25.5 Å². The van der Waals surface area contributed by atoms with Crippen molar-refractivity contribution in [2.75, 3.05) is 30.9 Å². The standard InChI is InChI=1S/C39H49N5O3S/c1-25(13-14-27-15-16-33(35(45)19-27)40-23-28-10-8-11-31(18-28)39(3,4)5)41-36(46)29-20-30(22-32(21-29)43(6)7)38(47)44-17-9-12-34(44)37-42-26(2)24-48-37/h8,10-11,15-16,18-22,24-25,34,40,45H,9,12-14,17,23H2,1-7H3,(H,41,46)/t25-,34+/m0/s1. The first kappa shape index (κ1) is 35.0. The second kappa shape index (κ2) is 14.8. The van der Waals surface area contributed by atoms with Gasteiger partial charge in [0.05, 0.1) is 11.7 Å². The predicted molar refractivity (Wildman–Crippen MR) is 196 cm³/mol. The molecule has 9 heteroatoms. The molecule has 0 bridgehead atoms. The fraction of sp³-hybridized carbons (Fsp3) is 0.410. The van der Waals surface area contributed by atoms with Crippen LogP contribution >= 0.6 is 11.3 Å². The van der Waals surface area contributed by atoms with Gasteiger partial charge in [-0.05, 0) is 92.0 Å². The van der Waals surface area contributed by atoms with Gasteiger partial charge in [0, 0.05) is 61.1 Å². The molecule has 2 atom stereocenters. The third-order valence-electron chi connectivity index (χ3n) is 8.96. The lowest BCUT2D eigenvalue weighted by molar-refractivity contribution is 0.0735. The molecule has 2 amide bonds. The molecule has 3 N–H and O–H groups in total. The van der Waals surface area contributed by atoms with E-state index in [1.54, 1.807) is 23.5 Å². The molecule has 1 aliphatic rings. The molecule has 1 aromatic heterocycles. The van der Waals surface area contributed by atoms with E-state index in [1.165, 1.54) is 5.56 Å². The van der Waals surface area contributed by atoms with Crippen molar-refractivity contribution in [3.8, 4) is 5.75 Å². The van der Waals surface area contributed by atoms with Crippen LogP contribution in [0.2, 0.25) is 0 Å². The molecule has 1 aliphatic heterocycles. The number of carbonyl (C=O) groups is 2. The van der Waals surface area contributed by atoms with Gasteiger partial charge in [-0.2, -0.15) is 0 Å². The van der Waals surface area contributed by atoms with E-state index < -0.39 is 0 Å². The highest BCUT2D eigenvalue weighted by atomic mass is 32.1. The van der Waals surface area contributed by atoms with Gasteiger partial charge in [-0.1, -0.05) is 51.1 Å². The average Bonchev–Trinajstić information content (AvgIpc) is 3.71. The van der Waals surface area contributed by atoms with E-state index in [9.17, 15) is 14.7 Å². The number of hydrogen-bond donors (Lipinski definition) is 3. The number of anilines is 2. The maximum Gasteiger partial charge on any atom is 0.254 e. The molecule has 0 aliphatic carbocycles. The van der Waals surface area contributed by atoms with E-state index in [0.29, 0.717) is 42.7 Å². The zero-order valence-electron chi connectivity index (χ0n) is 29.3. The number of benzene rings is 3. The number of thiazole rings is 1. The van der Waals surface area contributed by atoms with Gasteiger partial charge in [0.2, 0.25) is 0 Å². The van der Waals surface area contributed by atoms with Crippen LogP contribution in [0.25, 0.3) is 0 Å². The van der Waals surface area contributed by atoms with Crippen LogP contribution in [0.4, 0.5) is 11.4 Å². The summed E-state index contributed by atoms with van der Waals surface area (Å²) in [6, 6.07) is 19.5. The summed E-state index contributed by atoms with van der Waals surface area (Å²) in [7, 11) is 3.82. The number of hydrogen-bond acceptors (Lipinski definition) is 7. The third-order valence-corrected chi connectivity index (χ3v) is 10.0. The van der Waals surface area contributed by atoms with Gasteiger partial charge in [0.1, 0.15) is 10.8 Å². The average molecular weight is 668 g/mol. The number of rotatable bonds is 11. The molecule has 3 aromatic carbocycles. The van der Waals surface area contributed by atoms with Crippen LogP contribution in [0.3, 0.4) is 0 Å². The summed E-state index contributed by atoms with van der Waals surface area (Å²) < 4.78 is 0. The summed E-state index contributed by atoms with van der Waals surface area (Å²) in [6.07, 6.45) is 3.20. The Hall–Kier alpha value is -4.37. The van der Waals surface area contributed by atoms with Crippen molar-refractivity contribution in [2.45, 2.75) is 84.3 Å². The molecule has 0 saturated carbocycles. The normalized spacial score (nSPS) is 15.3. The Morgan fingerprint density at radius 2 is 1.83 bits per heavy atom. The lowest BCUT2D eigenvalue weighted by Crippen LogP contribution is -2.34. The van der Waals surface area contributed by atoms with Crippen molar-refractivity contribution < 1.29 is 14.7 Å². The van der Waals surface area contributed by atoms with E-state index in [0.717, 1.165) is 40.4 Å². The topological polar surface area (TPSA) is 97.8 Å². The van der Waals surface area contributed by atoms with Crippen molar-refractivity contribution >= 4 is 34.5 Å². The Morgan fingerprint density at radius 1 is 1.06 bits per heavy atom. The Morgan fingerprint density at radius 3 is 2.52 bits per heavy atom. The van der Waals surface area contributed by atoms with E-state index in [4.69, 9.17) is 0 Å². The first-order valence-electron chi connectivity index (χ1n) is 16.8. The third kappa shape index (κ3) is 8.55. The lowest BCUT2D eigenvalue weighted by atomic mass is 9.86. The second-order valence-corrected chi connectivity index (χ2v) is 15.1. The van der Waals surface area contributed by atoms with E-state index >= 15 is 0 Å². The molecule has 5 rings (SSSR count). The summed E-state index contributed by atoms with van der Waals surface area (Å²) in [5, 5.41) is 20.2. The fourth-order valence-corrected chi connectivity index (χ4v) is 7.01. The number of aromatic hydroxyl groups is 1. The van der Waals surface area contributed by atoms with Crippen LogP contribution in [-0.4, -0.2) is 53.5 Å². The first-order valence-corrected chi connectivity index (χ1v) is 17.7. The van der Waals surface area contributed by atoms with Crippen molar-refractivity contribution in [3.05, 3.63) is 105 Å². The molecule has 2 heterocycles. The number of nitrogens with zero attached hydrogens (tertiary/aromatic N) is 3. The van der Waals surface area contributed by atoms with E-state index in [2.05, 4.69) is 60.7 Å². The van der Waals surface area contributed by atoms with Gasteiger partial charge in [-0.25, -0.2) is 4.98 Å². The zero-order valence-corrected chi connectivity index (χ0v) is 30.1. The highest BCUT2D eigenvalue weighted by Gasteiger charge is 2.33. The van der Waals surface area contributed by atoms with Gasteiger partial charge in [-0.3, -0.25) is 9.59 Å². The van der Waals surface area contributed by atoms with Crippen LogP contribution < -0.4 is 15.5 Å². The van der Waals surface area contributed by atoms with Crippen LogP contribution in [0.1, 0.15) is 101 Å². The van der Waals surface area contributed by atoms with Crippen molar-refractivity contribution in [1.82, 2.24) is 15.2 Å². The monoisotopic (exact) mass is 667 g/mol. The minimum atomic E-state index is -0.216. The largest absolute Gasteiger partial charge is 0.506 e. The SMILES string of the molecule is Cc1csc([C@H]2CCCN2C(=O)c2cc(C(=O)N[C@@H](C)CCc3ccc(NCc4cccc(C(C)(C)C)c4)c(O)c3)cc(N(C)C)c2)n1.